The van der Waals surface area contributed by atoms with E-state index in [1.165, 1.54) is 11.3 Å². The normalized spacial score (nSPS) is 10.2. The predicted molar refractivity (Wildman–Crippen MR) is 61.5 cm³/mol. The molecule has 0 aliphatic carbocycles. The van der Waals surface area contributed by atoms with Gasteiger partial charge in [-0.05, 0) is 29.0 Å². The SMILES string of the molecule is Cc1c(-c2ccccc2)csc1C(=O)O. The van der Waals surface area contributed by atoms with Gasteiger partial charge in [0.25, 0.3) is 0 Å². The van der Waals surface area contributed by atoms with Gasteiger partial charge in [0.1, 0.15) is 4.88 Å². The van der Waals surface area contributed by atoms with Crippen LogP contribution in [0.5, 0.6) is 0 Å². The number of hydrogen-bond donors (Lipinski definition) is 1. The van der Waals surface area contributed by atoms with E-state index < -0.39 is 5.97 Å². The lowest BCUT2D eigenvalue weighted by molar-refractivity contribution is 0.0701. The Labute approximate surface area is 91.8 Å². The van der Waals surface area contributed by atoms with Gasteiger partial charge in [-0.3, -0.25) is 0 Å². The fraction of sp³-hybridized carbons (Fsp3) is 0.0833. The van der Waals surface area contributed by atoms with Gasteiger partial charge in [-0.2, -0.15) is 0 Å². The van der Waals surface area contributed by atoms with Crippen LogP contribution >= 0.6 is 11.3 Å². The molecule has 0 atom stereocenters. The highest BCUT2D eigenvalue weighted by molar-refractivity contribution is 7.12. The second-order valence-electron chi connectivity index (χ2n) is 3.27. The highest BCUT2D eigenvalue weighted by Gasteiger charge is 2.13. The number of aromatic carboxylic acids is 1. The summed E-state index contributed by atoms with van der Waals surface area (Å²) in [5.41, 5.74) is 2.93. The van der Waals surface area contributed by atoms with Crippen molar-refractivity contribution in [1.82, 2.24) is 0 Å². The highest BCUT2D eigenvalue weighted by Crippen LogP contribution is 2.30. The van der Waals surface area contributed by atoms with Gasteiger partial charge < -0.3 is 5.11 Å². The summed E-state index contributed by atoms with van der Waals surface area (Å²) in [4.78, 5) is 11.3. The van der Waals surface area contributed by atoms with Crippen LogP contribution in [-0.2, 0) is 0 Å². The van der Waals surface area contributed by atoms with Gasteiger partial charge in [-0.25, -0.2) is 4.79 Å². The Morgan fingerprint density at radius 2 is 1.93 bits per heavy atom. The third kappa shape index (κ3) is 1.78. The lowest BCUT2D eigenvalue weighted by atomic mass is 10.0. The van der Waals surface area contributed by atoms with E-state index in [0.717, 1.165) is 16.7 Å². The first kappa shape index (κ1) is 9.93. The highest BCUT2D eigenvalue weighted by atomic mass is 32.1. The van der Waals surface area contributed by atoms with Crippen LogP contribution in [0.3, 0.4) is 0 Å². The fourth-order valence-corrected chi connectivity index (χ4v) is 2.47. The molecular weight excluding hydrogens is 208 g/mol. The van der Waals surface area contributed by atoms with Crippen LogP contribution in [0.15, 0.2) is 35.7 Å². The fourth-order valence-electron chi connectivity index (χ4n) is 1.53. The Morgan fingerprint density at radius 3 is 2.47 bits per heavy atom. The number of hydrogen-bond acceptors (Lipinski definition) is 2. The van der Waals surface area contributed by atoms with Crippen molar-refractivity contribution in [3.05, 3.63) is 46.2 Å². The van der Waals surface area contributed by atoms with Crippen molar-refractivity contribution in [3.63, 3.8) is 0 Å². The summed E-state index contributed by atoms with van der Waals surface area (Å²) in [6.07, 6.45) is 0. The smallest absolute Gasteiger partial charge is 0.346 e. The quantitative estimate of drug-likeness (QED) is 0.838. The van der Waals surface area contributed by atoms with E-state index in [1.54, 1.807) is 0 Å². The van der Waals surface area contributed by atoms with Crippen molar-refractivity contribution in [2.45, 2.75) is 6.92 Å². The predicted octanol–water partition coefficient (Wildman–Crippen LogP) is 3.42. The summed E-state index contributed by atoms with van der Waals surface area (Å²) in [5.74, 6) is -0.848. The third-order valence-electron chi connectivity index (χ3n) is 2.32. The number of rotatable bonds is 2. The molecule has 15 heavy (non-hydrogen) atoms. The molecule has 0 radical (unpaired) electrons. The summed E-state index contributed by atoms with van der Waals surface area (Å²) < 4.78 is 0. The number of benzene rings is 1. The molecular formula is C12H10O2S. The van der Waals surface area contributed by atoms with E-state index >= 15 is 0 Å². The zero-order valence-corrected chi connectivity index (χ0v) is 9.04. The van der Waals surface area contributed by atoms with Crippen LogP contribution in [0.25, 0.3) is 11.1 Å². The molecule has 0 aliphatic rings. The number of carboxylic acids is 1. The third-order valence-corrected chi connectivity index (χ3v) is 3.39. The summed E-state index contributed by atoms with van der Waals surface area (Å²) in [5, 5.41) is 10.8. The topological polar surface area (TPSA) is 37.3 Å². The van der Waals surface area contributed by atoms with Gasteiger partial charge in [0.2, 0.25) is 0 Å². The molecule has 3 heteroatoms. The summed E-state index contributed by atoms with van der Waals surface area (Å²) in [7, 11) is 0. The Kier molecular flexibility index (Phi) is 2.56. The summed E-state index contributed by atoms with van der Waals surface area (Å²) in [6.45, 7) is 1.85. The summed E-state index contributed by atoms with van der Waals surface area (Å²) in [6, 6.07) is 9.82. The molecule has 0 fully saturated rings. The lowest BCUT2D eigenvalue weighted by Crippen LogP contribution is -1.94. The van der Waals surface area contributed by atoms with E-state index in [-0.39, 0.29) is 0 Å². The first-order valence-corrected chi connectivity index (χ1v) is 5.45. The molecule has 1 heterocycles. The van der Waals surface area contributed by atoms with Crippen LogP contribution in [0.2, 0.25) is 0 Å². The van der Waals surface area contributed by atoms with E-state index in [2.05, 4.69) is 0 Å². The second-order valence-corrected chi connectivity index (χ2v) is 4.15. The van der Waals surface area contributed by atoms with Gasteiger partial charge in [0.05, 0.1) is 0 Å². The van der Waals surface area contributed by atoms with E-state index in [0.29, 0.717) is 4.88 Å². The molecule has 0 amide bonds. The first-order chi connectivity index (χ1) is 7.20. The van der Waals surface area contributed by atoms with Crippen LogP contribution in [0.4, 0.5) is 0 Å². The van der Waals surface area contributed by atoms with Crippen molar-refractivity contribution < 1.29 is 9.90 Å². The minimum absolute atomic E-state index is 0.425. The van der Waals surface area contributed by atoms with Gasteiger partial charge >= 0.3 is 5.97 Å². The molecule has 76 valence electrons. The lowest BCUT2D eigenvalue weighted by Gasteiger charge is -1.99. The Hall–Kier alpha value is -1.61. The molecule has 2 aromatic rings. The maximum atomic E-state index is 10.9. The number of carbonyl (C=O) groups is 1. The maximum absolute atomic E-state index is 10.9. The minimum atomic E-state index is -0.848. The molecule has 2 nitrogen and oxygen atoms in total. The largest absolute Gasteiger partial charge is 0.477 e. The molecule has 1 aromatic carbocycles. The molecule has 2 rings (SSSR count). The molecule has 0 saturated heterocycles. The van der Waals surface area contributed by atoms with Crippen molar-refractivity contribution in [3.8, 4) is 11.1 Å². The summed E-state index contributed by atoms with van der Waals surface area (Å²) >= 11 is 1.28. The van der Waals surface area contributed by atoms with Crippen LogP contribution in [0.1, 0.15) is 15.2 Å². The number of thiophene rings is 1. The molecule has 0 unspecified atom stereocenters. The van der Waals surface area contributed by atoms with Crippen LogP contribution in [0, 0.1) is 6.92 Å². The minimum Gasteiger partial charge on any atom is -0.477 e. The van der Waals surface area contributed by atoms with Crippen molar-refractivity contribution in [2.24, 2.45) is 0 Å². The average molecular weight is 218 g/mol. The number of carboxylic acid groups (broad SMARTS) is 1. The zero-order chi connectivity index (χ0) is 10.8. The Morgan fingerprint density at radius 1 is 1.27 bits per heavy atom. The van der Waals surface area contributed by atoms with Crippen molar-refractivity contribution in [2.75, 3.05) is 0 Å². The average Bonchev–Trinajstić information content (AvgIpc) is 2.61. The molecule has 0 aliphatic heterocycles. The Bertz CT molecular complexity index is 486. The Balaban J connectivity index is 2.52. The first-order valence-electron chi connectivity index (χ1n) is 4.57. The monoisotopic (exact) mass is 218 g/mol. The van der Waals surface area contributed by atoms with Gasteiger partial charge in [0.15, 0.2) is 0 Å². The van der Waals surface area contributed by atoms with E-state index in [9.17, 15) is 4.79 Å². The molecule has 0 saturated carbocycles. The van der Waals surface area contributed by atoms with Gasteiger partial charge in [-0.15, -0.1) is 11.3 Å². The molecule has 0 bridgehead atoms. The van der Waals surface area contributed by atoms with Crippen molar-refractivity contribution >= 4 is 17.3 Å². The van der Waals surface area contributed by atoms with Gasteiger partial charge in [0, 0.05) is 0 Å². The zero-order valence-electron chi connectivity index (χ0n) is 8.23. The second kappa shape index (κ2) is 3.87. The van der Waals surface area contributed by atoms with E-state index in [1.807, 2.05) is 42.6 Å². The van der Waals surface area contributed by atoms with Gasteiger partial charge in [-0.1, -0.05) is 30.3 Å². The molecule has 1 N–H and O–H groups in total. The maximum Gasteiger partial charge on any atom is 0.346 e. The van der Waals surface area contributed by atoms with Crippen LogP contribution < -0.4 is 0 Å². The van der Waals surface area contributed by atoms with Crippen molar-refractivity contribution in [1.29, 1.82) is 0 Å². The standard InChI is InChI=1S/C12H10O2S/c1-8-10(7-15-11(8)12(13)14)9-5-3-2-4-6-9/h2-7H,1H3,(H,13,14). The molecule has 1 aromatic heterocycles. The molecule has 0 spiro atoms. The van der Waals surface area contributed by atoms with Crippen LogP contribution in [-0.4, -0.2) is 11.1 Å². The van der Waals surface area contributed by atoms with E-state index in [4.69, 9.17) is 5.11 Å².